The van der Waals surface area contributed by atoms with Crippen LogP contribution in [0.2, 0.25) is 10.0 Å². The lowest BCUT2D eigenvalue weighted by Crippen LogP contribution is -2.41. The van der Waals surface area contributed by atoms with Gasteiger partial charge in [-0.05, 0) is 42.9 Å². The fourth-order valence-corrected chi connectivity index (χ4v) is 3.20. The topological polar surface area (TPSA) is 37.3 Å². The minimum absolute atomic E-state index is 0.334. The maximum absolute atomic E-state index is 6.20. The highest BCUT2D eigenvalue weighted by Crippen LogP contribution is 2.29. The number of ether oxygens (including phenoxy) is 2. The predicted octanol–water partition coefficient (Wildman–Crippen LogP) is 4.16. The first-order valence-electron chi connectivity index (χ1n) is 8.77. The molecule has 0 saturated carbocycles. The van der Waals surface area contributed by atoms with Crippen LogP contribution in [-0.2, 0) is 6.61 Å². The van der Waals surface area contributed by atoms with Gasteiger partial charge in [0.25, 0.3) is 0 Å². The highest BCUT2D eigenvalue weighted by atomic mass is 35.5. The van der Waals surface area contributed by atoms with E-state index >= 15 is 0 Å². The van der Waals surface area contributed by atoms with E-state index in [-0.39, 0.29) is 0 Å². The maximum atomic E-state index is 6.20. The van der Waals surface area contributed by atoms with Crippen LogP contribution in [0.5, 0.6) is 11.5 Å². The standard InChI is InChI=1S/C20H23Cl2N3O2/c1-24-7-9-25(10-8-24)23-13-15-3-6-19(20(11-15)26-2)27-14-16-4-5-17(21)12-18(16)22/h3-6,11-13H,7-10,14H2,1-2H3. The number of hydrogen-bond donors (Lipinski definition) is 0. The normalized spacial score (nSPS) is 15.3. The Morgan fingerprint density at radius 3 is 2.52 bits per heavy atom. The molecule has 0 radical (unpaired) electrons. The Morgan fingerprint density at radius 1 is 1.04 bits per heavy atom. The predicted molar refractivity (Wildman–Crippen MR) is 110 cm³/mol. The summed E-state index contributed by atoms with van der Waals surface area (Å²) in [5, 5.41) is 7.83. The summed E-state index contributed by atoms with van der Waals surface area (Å²) in [7, 11) is 3.75. The van der Waals surface area contributed by atoms with E-state index in [1.807, 2.05) is 30.5 Å². The number of nitrogens with zero attached hydrogens (tertiary/aromatic N) is 3. The van der Waals surface area contributed by atoms with Crippen molar-refractivity contribution in [2.24, 2.45) is 5.10 Å². The van der Waals surface area contributed by atoms with Crippen LogP contribution in [0.3, 0.4) is 0 Å². The molecule has 27 heavy (non-hydrogen) atoms. The molecule has 5 nitrogen and oxygen atoms in total. The van der Waals surface area contributed by atoms with Gasteiger partial charge in [-0.15, -0.1) is 0 Å². The molecule has 1 fully saturated rings. The molecule has 2 aromatic rings. The fraction of sp³-hybridized carbons (Fsp3) is 0.350. The molecule has 7 heteroatoms. The van der Waals surface area contributed by atoms with Crippen molar-refractivity contribution in [3.8, 4) is 11.5 Å². The van der Waals surface area contributed by atoms with E-state index in [0.717, 1.165) is 37.3 Å². The zero-order valence-electron chi connectivity index (χ0n) is 15.5. The molecule has 1 aliphatic heterocycles. The maximum Gasteiger partial charge on any atom is 0.161 e. The van der Waals surface area contributed by atoms with Crippen LogP contribution < -0.4 is 9.47 Å². The molecule has 0 aromatic heterocycles. The molecule has 144 valence electrons. The zero-order valence-corrected chi connectivity index (χ0v) is 17.0. The molecule has 0 N–H and O–H groups in total. The summed E-state index contributed by atoms with van der Waals surface area (Å²) in [4.78, 5) is 2.30. The second-order valence-corrected chi connectivity index (χ2v) is 7.28. The number of methoxy groups -OCH3 is 1. The molecule has 1 aliphatic rings. The van der Waals surface area contributed by atoms with Crippen LogP contribution in [0, 0.1) is 0 Å². The molecule has 1 heterocycles. The third-order valence-electron chi connectivity index (χ3n) is 4.44. The molecule has 0 aliphatic carbocycles. The van der Waals surface area contributed by atoms with Crippen molar-refractivity contribution in [3.05, 3.63) is 57.6 Å². The molecule has 1 saturated heterocycles. The number of hydrogen-bond acceptors (Lipinski definition) is 5. The summed E-state index contributed by atoms with van der Waals surface area (Å²) in [6, 6.07) is 11.1. The van der Waals surface area contributed by atoms with E-state index in [1.165, 1.54) is 0 Å². The average Bonchev–Trinajstić information content (AvgIpc) is 2.67. The summed E-state index contributed by atoms with van der Waals surface area (Å²) in [5.74, 6) is 1.31. The lowest BCUT2D eigenvalue weighted by atomic mass is 10.2. The number of halogens is 2. The van der Waals surface area contributed by atoms with Gasteiger partial charge in [-0.25, -0.2) is 0 Å². The van der Waals surface area contributed by atoms with Crippen LogP contribution >= 0.6 is 23.2 Å². The van der Waals surface area contributed by atoms with E-state index in [9.17, 15) is 0 Å². The Bertz CT molecular complexity index is 806. The Labute approximate surface area is 170 Å². The molecular weight excluding hydrogens is 385 g/mol. The summed E-state index contributed by atoms with van der Waals surface area (Å²) < 4.78 is 11.4. The molecule has 0 unspecified atom stereocenters. The van der Waals surface area contributed by atoms with Gasteiger partial charge in [0.1, 0.15) is 6.61 Å². The van der Waals surface area contributed by atoms with Gasteiger partial charge < -0.3 is 14.4 Å². The Morgan fingerprint density at radius 2 is 1.81 bits per heavy atom. The van der Waals surface area contributed by atoms with Crippen molar-refractivity contribution >= 4 is 29.4 Å². The molecule has 0 amide bonds. The van der Waals surface area contributed by atoms with Gasteiger partial charge in [0.05, 0.1) is 13.3 Å². The Balaban J connectivity index is 1.65. The molecule has 0 bridgehead atoms. The van der Waals surface area contributed by atoms with Gasteiger partial charge >= 0.3 is 0 Å². The molecular formula is C20H23Cl2N3O2. The highest BCUT2D eigenvalue weighted by molar-refractivity contribution is 6.35. The third-order valence-corrected chi connectivity index (χ3v) is 5.02. The van der Waals surface area contributed by atoms with Gasteiger partial charge in [-0.3, -0.25) is 5.01 Å². The summed E-state index contributed by atoms with van der Waals surface area (Å²) >= 11 is 12.1. The van der Waals surface area contributed by atoms with Crippen LogP contribution in [0.4, 0.5) is 0 Å². The third kappa shape index (κ3) is 5.51. The molecule has 3 rings (SSSR count). The van der Waals surface area contributed by atoms with Crippen LogP contribution in [0.15, 0.2) is 41.5 Å². The fourth-order valence-electron chi connectivity index (χ4n) is 2.74. The largest absolute Gasteiger partial charge is 0.493 e. The SMILES string of the molecule is COc1cc(C=NN2CCN(C)CC2)ccc1OCc1ccc(Cl)cc1Cl. The number of likely N-dealkylation sites (N-methyl/N-ethyl adjacent to an activating group) is 1. The van der Waals surface area contributed by atoms with Crippen LogP contribution in [0.1, 0.15) is 11.1 Å². The second kappa shape index (κ2) is 9.31. The summed E-state index contributed by atoms with van der Waals surface area (Å²) in [6.45, 7) is 4.27. The van der Waals surface area contributed by atoms with Gasteiger partial charge in [0.2, 0.25) is 0 Å². The minimum Gasteiger partial charge on any atom is -0.493 e. The van der Waals surface area contributed by atoms with Crippen molar-refractivity contribution in [2.45, 2.75) is 6.61 Å². The first-order chi connectivity index (χ1) is 13.0. The first-order valence-corrected chi connectivity index (χ1v) is 9.53. The van der Waals surface area contributed by atoms with Crippen molar-refractivity contribution in [1.82, 2.24) is 9.91 Å². The number of rotatable bonds is 6. The van der Waals surface area contributed by atoms with E-state index in [4.69, 9.17) is 32.7 Å². The minimum atomic E-state index is 0.334. The zero-order chi connectivity index (χ0) is 19.2. The first kappa shape index (κ1) is 19.8. The van der Waals surface area contributed by atoms with Gasteiger partial charge in [-0.2, -0.15) is 5.10 Å². The lowest BCUT2D eigenvalue weighted by molar-refractivity contribution is 0.159. The van der Waals surface area contributed by atoms with E-state index < -0.39 is 0 Å². The van der Waals surface area contributed by atoms with Crippen LogP contribution in [-0.4, -0.2) is 56.5 Å². The Kier molecular flexibility index (Phi) is 6.83. The van der Waals surface area contributed by atoms with Crippen molar-refractivity contribution in [3.63, 3.8) is 0 Å². The van der Waals surface area contributed by atoms with Crippen molar-refractivity contribution < 1.29 is 9.47 Å². The monoisotopic (exact) mass is 407 g/mol. The summed E-state index contributed by atoms with van der Waals surface area (Å²) in [5.41, 5.74) is 1.83. The highest BCUT2D eigenvalue weighted by Gasteiger charge is 2.11. The van der Waals surface area contributed by atoms with Gasteiger partial charge in [0.15, 0.2) is 11.5 Å². The van der Waals surface area contributed by atoms with Crippen molar-refractivity contribution in [1.29, 1.82) is 0 Å². The molecule has 0 atom stereocenters. The Hall–Kier alpha value is -1.95. The summed E-state index contributed by atoms with van der Waals surface area (Å²) in [6.07, 6.45) is 1.85. The number of hydrazone groups is 1. The smallest absolute Gasteiger partial charge is 0.161 e. The number of piperazine rings is 1. The average molecular weight is 408 g/mol. The van der Waals surface area contributed by atoms with E-state index in [2.05, 4.69) is 22.1 Å². The van der Waals surface area contributed by atoms with Crippen LogP contribution in [0.25, 0.3) is 0 Å². The molecule has 2 aromatic carbocycles. The van der Waals surface area contributed by atoms with Crippen molar-refractivity contribution in [2.75, 3.05) is 40.3 Å². The number of benzene rings is 2. The quantitative estimate of drug-likeness (QED) is 0.673. The lowest BCUT2D eigenvalue weighted by Gasteiger charge is -2.30. The van der Waals surface area contributed by atoms with Gasteiger partial charge in [0, 0.05) is 41.8 Å². The van der Waals surface area contributed by atoms with E-state index in [0.29, 0.717) is 28.2 Å². The van der Waals surface area contributed by atoms with Gasteiger partial charge in [-0.1, -0.05) is 29.3 Å². The van der Waals surface area contributed by atoms with E-state index in [1.54, 1.807) is 19.2 Å². The molecule has 0 spiro atoms. The second-order valence-electron chi connectivity index (χ2n) is 6.44.